The van der Waals surface area contributed by atoms with Crippen molar-refractivity contribution in [2.75, 3.05) is 22.9 Å². The van der Waals surface area contributed by atoms with Crippen LogP contribution in [0.1, 0.15) is 25.7 Å². The van der Waals surface area contributed by atoms with E-state index in [4.69, 9.17) is 0 Å². The lowest BCUT2D eigenvalue weighted by Gasteiger charge is -2.26. The molecule has 0 spiro atoms. The van der Waals surface area contributed by atoms with Gasteiger partial charge in [0.1, 0.15) is 0 Å². The quantitative estimate of drug-likeness (QED) is 0.0923. The molecule has 0 saturated carbocycles. The van der Waals surface area contributed by atoms with Gasteiger partial charge in [0.15, 0.2) is 0 Å². The Balaban J connectivity index is 1.31. The summed E-state index contributed by atoms with van der Waals surface area (Å²) >= 11 is 0. The second kappa shape index (κ2) is 15.4. The van der Waals surface area contributed by atoms with Crippen molar-refractivity contribution in [1.29, 1.82) is 0 Å². The molecule has 0 fully saturated rings. The maximum atomic E-state index is 13.4. The smallest absolute Gasteiger partial charge is 0.261 e. The largest absolute Gasteiger partial charge is 0.352 e. The molecule has 10 heteroatoms. The van der Waals surface area contributed by atoms with Crippen LogP contribution < -0.4 is 9.80 Å². The number of hydrogen-bond acceptors (Lipinski definition) is 6. The third kappa shape index (κ3) is 7.63. The van der Waals surface area contributed by atoms with Crippen LogP contribution in [0, 0.1) is 9.81 Å². The van der Waals surface area contributed by atoms with Gasteiger partial charge < -0.3 is 0 Å². The average molecular weight is 565 g/mol. The van der Waals surface area contributed by atoms with Gasteiger partial charge in [-0.25, -0.2) is 9.59 Å². The number of anilines is 4. The Kier molecular flexibility index (Phi) is 10.9. The van der Waals surface area contributed by atoms with E-state index in [-0.39, 0.29) is 13.1 Å². The number of carbonyl (C=O) groups is 2. The second-order valence-electron chi connectivity index (χ2n) is 9.40. The highest BCUT2D eigenvalue weighted by atomic mass is 16.3. The molecule has 0 aliphatic rings. The van der Waals surface area contributed by atoms with Crippen LogP contribution in [0.4, 0.5) is 32.3 Å². The molecule has 0 bridgehead atoms. The number of unbranched alkanes of at least 4 members (excludes halogenated alkanes) is 3. The van der Waals surface area contributed by atoms with E-state index in [1.165, 1.54) is 9.80 Å². The van der Waals surface area contributed by atoms with E-state index >= 15 is 0 Å². The summed E-state index contributed by atoms with van der Waals surface area (Å²) in [7, 11) is 0. The van der Waals surface area contributed by atoms with Crippen molar-refractivity contribution in [3.05, 3.63) is 131 Å². The summed E-state index contributed by atoms with van der Waals surface area (Å²) in [5, 5.41) is 7.83. The lowest BCUT2D eigenvalue weighted by molar-refractivity contribution is 0.204. The van der Waals surface area contributed by atoms with Gasteiger partial charge >= 0.3 is 12.1 Å². The Morgan fingerprint density at radius 3 is 0.929 bits per heavy atom. The van der Waals surface area contributed by atoms with Crippen LogP contribution in [-0.2, 0) is 0 Å². The lowest BCUT2D eigenvalue weighted by Crippen LogP contribution is -2.38. The molecule has 10 nitrogen and oxygen atoms in total. The fourth-order valence-electron chi connectivity index (χ4n) is 4.50. The van der Waals surface area contributed by atoms with Gasteiger partial charge in [0.2, 0.25) is 0 Å². The Bertz CT molecular complexity index is 1230. The molecule has 4 aromatic rings. The predicted molar refractivity (Wildman–Crippen MR) is 164 cm³/mol. The van der Waals surface area contributed by atoms with Crippen molar-refractivity contribution in [2.24, 2.45) is 10.6 Å². The molecule has 0 aliphatic carbocycles. The van der Waals surface area contributed by atoms with Crippen LogP contribution in [0.3, 0.4) is 0 Å². The molecule has 4 rings (SSSR count). The Labute approximate surface area is 244 Å². The summed E-state index contributed by atoms with van der Waals surface area (Å²) in [5.41, 5.74) is 2.48. The Morgan fingerprint density at radius 2 is 0.690 bits per heavy atom. The molecular weight excluding hydrogens is 532 g/mol. The molecule has 0 aliphatic heterocycles. The van der Waals surface area contributed by atoms with E-state index in [1.807, 2.05) is 72.8 Å². The molecule has 4 amide bonds. The van der Waals surface area contributed by atoms with Crippen molar-refractivity contribution in [3.63, 3.8) is 0 Å². The maximum absolute atomic E-state index is 13.4. The molecule has 0 saturated heterocycles. The summed E-state index contributed by atoms with van der Waals surface area (Å²) in [5.74, 6) is 0. The van der Waals surface area contributed by atoms with E-state index < -0.39 is 12.1 Å². The van der Waals surface area contributed by atoms with E-state index in [1.54, 1.807) is 48.5 Å². The van der Waals surface area contributed by atoms with Crippen LogP contribution in [-0.4, -0.2) is 35.2 Å². The summed E-state index contributed by atoms with van der Waals surface area (Å²) in [6.45, 7) is 0.256. The van der Waals surface area contributed by atoms with Gasteiger partial charge in [0.25, 0.3) is 0 Å². The highest BCUT2D eigenvalue weighted by Crippen LogP contribution is 2.28. The van der Waals surface area contributed by atoms with Gasteiger partial charge in [-0.05, 0) is 61.4 Å². The minimum Gasteiger partial charge on any atom is -0.261 e. The Morgan fingerprint density at radius 1 is 0.429 bits per heavy atom. The van der Waals surface area contributed by atoms with Gasteiger partial charge in [-0.15, -0.1) is 9.81 Å². The zero-order valence-corrected chi connectivity index (χ0v) is 23.1. The van der Waals surface area contributed by atoms with Crippen LogP contribution >= 0.6 is 0 Å². The number of carbonyl (C=O) groups excluding carboxylic acids is 2. The van der Waals surface area contributed by atoms with E-state index in [9.17, 15) is 19.4 Å². The first-order chi connectivity index (χ1) is 20.6. The van der Waals surface area contributed by atoms with Crippen molar-refractivity contribution in [3.8, 4) is 0 Å². The van der Waals surface area contributed by atoms with E-state index in [0.29, 0.717) is 48.4 Å². The molecule has 0 N–H and O–H groups in total. The predicted octanol–water partition coefficient (Wildman–Crippen LogP) is 8.43. The lowest BCUT2D eigenvalue weighted by atomic mass is 10.2. The number of amides is 4. The summed E-state index contributed by atoms with van der Waals surface area (Å²) in [4.78, 5) is 53.0. The van der Waals surface area contributed by atoms with E-state index in [0.717, 1.165) is 10.0 Å². The molecule has 4 aromatic carbocycles. The first-order valence-corrected chi connectivity index (χ1v) is 13.7. The van der Waals surface area contributed by atoms with Crippen molar-refractivity contribution in [1.82, 2.24) is 10.0 Å². The highest BCUT2D eigenvalue weighted by molar-refractivity contribution is 6.00. The fourth-order valence-corrected chi connectivity index (χ4v) is 4.50. The van der Waals surface area contributed by atoms with Crippen LogP contribution in [0.25, 0.3) is 0 Å². The number of hydrogen-bond donors (Lipinski definition) is 0. The molecule has 0 atom stereocenters. The molecule has 0 heterocycles. The first-order valence-electron chi connectivity index (χ1n) is 13.7. The minimum absolute atomic E-state index is 0.128. The molecular formula is C32H32N6O4. The van der Waals surface area contributed by atoms with Gasteiger partial charge in [-0.2, -0.15) is 10.0 Å². The molecule has 0 radical (unpaired) electrons. The second-order valence-corrected chi connectivity index (χ2v) is 9.40. The monoisotopic (exact) mass is 564 g/mol. The summed E-state index contributed by atoms with van der Waals surface area (Å²) in [6.07, 6.45) is 2.32. The normalized spacial score (nSPS) is 10.4. The first kappa shape index (κ1) is 29.6. The average Bonchev–Trinajstić information content (AvgIpc) is 3.05. The standard InChI is InChI=1S/C32H32N6O4/c39-31(37(27-17-7-3-8-18-27)28-19-9-4-10-20-28)35(33-41)25-15-1-2-16-26-36(34-42)32(40)38(29-21-11-5-12-22-29)30-23-13-6-14-24-30/h3-14,17-24H,1-2,15-16,25-26H2. The zero-order valence-electron chi connectivity index (χ0n) is 23.1. The van der Waals surface area contributed by atoms with Crippen LogP contribution in [0.15, 0.2) is 132 Å². The van der Waals surface area contributed by atoms with Gasteiger partial charge in [0, 0.05) is 13.1 Å². The number of benzene rings is 4. The number of para-hydroxylation sites is 4. The van der Waals surface area contributed by atoms with Gasteiger partial charge in [0.05, 0.1) is 33.3 Å². The van der Waals surface area contributed by atoms with Crippen LogP contribution in [0.5, 0.6) is 0 Å². The van der Waals surface area contributed by atoms with Gasteiger partial charge in [-0.1, -0.05) is 85.6 Å². The SMILES string of the molecule is O=NN(CCCCCCN(N=O)C(=O)N(c1ccccc1)c1ccccc1)C(=O)N(c1ccccc1)c1ccccc1. The third-order valence-corrected chi connectivity index (χ3v) is 6.57. The summed E-state index contributed by atoms with van der Waals surface area (Å²) in [6, 6.07) is 35.2. The number of nitrogens with zero attached hydrogens (tertiary/aromatic N) is 6. The maximum Gasteiger partial charge on any atom is 0.352 e. The number of nitroso groups, excluding NO2 is 2. The Hall–Kier alpha value is -5.38. The van der Waals surface area contributed by atoms with Crippen molar-refractivity contribution in [2.45, 2.75) is 25.7 Å². The molecule has 214 valence electrons. The van der Waals surface area contributed by atoms with Crippen LogP contribution in [0.2, 0.25) is 0 Å². The fraction of sp³-hybridized carbons (Fsp3) is 0.188. The van der Waals surface area contributed by atoms with Crippen molar-refractivity contribution < 1.29 is 9.59 Å². The summed E-state index contributed by atoms with van der Waals surface area (Å²) < 4.78 is 0. The zero-order chi connectivity index (χ0) is 29.6. The number of rotatable bonds is 13. The third-order valence-electron chi connectivity index (χ3n) is 6.57. The molecule has 0 aromatic heterocycles. The van der Waals surface area contributed by atoms with E-state index in [2.05, 4.69) is 10.6 Å². The molecule has 0 unspecified atom stereocenters. The van der Waals surface area contributed by atoms with Crippen molar-refractivity contribution >= 4 is 34.8 Å². The van der Waals surface area contributed by atoms with Gasteiger partial charge in [-0.3, -0.25) is 9.80 Å². The minimum atomic E-state index is -0.550. The topological polar surface area (TPSA) is 106 Å². The number of urea groups is 2. The highest BCUT2D eigenvalue weighted by Gasteiger charge is 2.26. The molecule has 42 heavy (non-hydrogen) atoms.